The zero-order chi connectivity index (χ0) is 17.4. The van der Waals surface area contributed by atoms with Crippen LogP contribution in [-0.2, 0) is 0 Å². The zero-order valence-corrected chi connectivity index (χ0v) is 13.8. The minimum Gasteiger partial charge on any atom is -0.331 e. The average Bonchev–Trinajstić information content (AvgIpc) is 3.03. The molecule has 0 spiro atoms. The van der Waals surface area contributed by atoms with Crippen molar-refractivity contribution in [2.24, 2.45) is 5.92 Å². The summed E-state index contributed by atoms with van der Waals surface area (Å²) < 4.78 is 14.5. The molecule has 1 aliphatic rings. The number of amides is 1. The summed E-state index contributed by atoms with van der Waals surface area (Å²) in [6.45, 7) is 2.69. The molecule has 126 valence electrons. The zero-order valence-electron chi connectivity index (χ0n) is 13.8. The highest BCUT2D eigenvalue weighted by Gasteiger charge is 2.35. The van der Waals surface area contributed by atoms with E-state index in [0.717, 1.165) is 12.0 Å². The summed E-state index contributed by atoms with van der Waals surface area (Å²) in [5.41, 5.74) is 1.96. The molecule has 2 atom stereocenters. The summed E-state index contributed by atoms with van der Waals surface area (Å²) in [6.07, 6.45) is 7.35. The molecule has 1 fully saturated rings. The fourth-order valence-electron chi connectivity index (χ4n) is 3.46. The number of halogens is 1. The molecule has 5 nitrogen and oxygen atoms in total. The number of carbonyl (C=O) groups is 1. The summed E-state index contributed by atoms with van der Waals surface area (Å²) in [5, 5.41) is 0. The second-order valence-electron chi connectivity index (χ2n) is 6.48. The Morgan fingerprint density at radius 1 is 1.20 bits per heavy atom. The quantitative estimate of drug-likeness (QED) is 0.720. The van der Waals surface area contributed by atoms with Crippen LogP contribution >= 0.6 is 0 Å². The third-order valence-electron chi connectivity index (χ3n) is 4.63. The van der Waals surface area contributed by atoms with Gasteiger partial charge in [0.1, 0.15) is 5.82 Å². The van der Waals surface area contributed by atoms with Gasteiger partial charge in [0, 0.05) is 37.4 Å². The first-order valence-corrected chi connectivity index (χ1v) is 8.24. The molecule has 0 aliphatic carbocycles. The molecule has 0 bridgehead atoms. The number of pyridine rings is 1. The van der Waals surface area contributed by atoms with Gasteiger partial charge >= 0.3 is 0 Å². The van der Waals surface area contributed by atoms with Crippen LogP contribution in [0.2, 0.25) is 0 Å². The lowest BCUT2D eigenvalue weighted by molar-refractivity contribution is 0.0727. The second kappa shape index (κ2) is 6.20. The highest BCUT2D eigenvalue weighted by atomic mass is 19.1. The fourth-order valence-corrected chi connectivity index (χ4v) is 3.46. The Kier molecular flexibility index (Phi) is 3.87. The van der Waals surface area contributed by atoms with Crippen molar-refractivity contribution in [2.45, 2.75) is 19.4 Å². The molecule has 6 heteroatoms. The topological polar surface area (TPSA) is 59.0 Å². The number of nitrogens with zero attached hydrogens (tertiary/aromatic N) is 4. The van der Waals surface area contributed by atoms with Crippen LogP contribution in [-0.4, -0.2) is 32.3 Å². The summed E-state index contributed by atoms with van der Waals surface area (Å²) >= 11 is 0. The highest BCUT2D eigenvalue weighted by molar-refractivity contribution is 5.98. The number of carbonyl (C=O) groups excluding carboxylic acids is 1. The van der Waals surface area contributed by atoms with Crippen LogP contribution in [0, 0.1) is 11.7 Å². The molecule has 4 rings (SSSR count). The maximum Gasteiger partial charge on any atom is 0.257 e. The lowest BCUT2D eigenvalue weighted by Crippen LogP contribution is -2.31. The number of likely N-dealkylation sites (tertiary alicyclic amines) is 1. The maximum absolute atomic E-state index is 14.5. The summed E-state index contributed by atoms with van der Waals surface area (Å²) in [4.78, 5) is 27.2. The van der Waals surface area contributed by atoms with Gasteiger partial charge in [0.25, 0.3) is 5.91 Å². The highest BCUT2D eigenvalue weighted by Crippen LogP contribution is 2.36. The van der Waals surface area contributed by atoms with Crippen LogP contribution in [0.25, 0.3) is 11.0 Å². The number of benzene rings is 1. The molecular formula is C19H17FN4O. The molecule has 3 aromatic rings. The van der Waals surface area contributed by atoms with E-state index in [1.165, 1.54) is 24.5 Å². The number of fused-ring (bicyclic) bond motifs is 1. The first-order chi connectivity index (χ1) is 12.1. The van der Waals surface area contributed by atoms with Gasteiger partial charge < -0.3 is 4.90 Å². The molecule has 25 heavy (non-hydrogen) atoms. The van der Waals surface area contributed by atoms with E-state index in [4.69, 9.17) is 0 Å². The van der Waals surface area contributed by atoms with Crippen LogP contribution in [0.5, 0.6) is 0 Å². The second-order valence-corrected chi connectivity index (χ2v) is 6.48. The minimum absolute atomic E-state index is 0.0380. The van der Waals surface area contributed by atoms with Crippen molar-refractivity contribution < 1.29 is 9.18 Å². The number of aromatic nitrogens is 3. The van der Waals surface area contributed by atoms with E-state index in [0.29, 0.717) is 23.5 Å². The molecule has 0 radical (unpaired) electrons. The van der Waals surface area contributed by atoms with Gasteiger partial charge in [-0.1, -0.05) is 13.0 Å². The van der Waals surface area contributed by atoms with Crippen molar-refractivity contribution in [2.75, 3.05) is 6.54 Å². The van der Waals surface area contributed by atoms with Crippen molar-refractivity contribution in [1.29, 1.82) is 0 Å². The Balaban J connectivity index is 1.73. The van der Waals surface area contributed by atoms with Gasteiger partial charge in [-0.25, -0.2) is 4.39 Å². The van der Waals surface area contributed by atoms with E-state index in [-0.39, 0.29) is 17.5 Å². The standard InChI is InChI=1S/C19H17FN4O/c1-12-7-18(13-3-2-4-21-10-13)24(11-12)19(25)14-8-16-17(9-15(14)20)23-6-5-22-16/h2-6,8-10,12,18H,7,11H2,1H3/t12-,18+/m1/s1. The Morgan fingerprint density at radius 3 is 2.68 bits per heavy atom. The smallest absolute Gasteiger partial charge is 0.257 e. The van der Waals surface area contributed by atoms with Crippen LogP contribution in [0.15, 0.2) is 49.1 Å². The van der Waals surface area contributed by atoms with Crippen molar-refractivity contribution in [3.8, 4) is 0 Å². The molecule has 1 saturated heterocycles. The molecule has 0 unspecified atom stereocenters. The van der Waals surface area contributed by atoms with Gasteiger partial charge in [0.2, 0.25) is 0 Å². The molecule has 1 amide bonds. The van der Waals surface area contributed by atoms with Crippen molar-refractivity contribution >= 4 is 16.9 Å². The normalized spacial score (nSPS) is 20.2. The molecule has 0 saturated carbocycles. The van der Waals surface area contributed by atoms with Gasteiger partial charge in [-0.15, -0.1) is 0 Å². The van der Waals surface area contributed by atoms with Gasteiger partial charge in [-0.2, -0.15) is 0 Å². The molecular weight excluding hydrogens is 319 g/mol. The van der Waals surface area contributed by atoms with Crippen LogP contribution in [0.1, 0.15) is 35.3 Å². The molecule has 3 heterocycles. The van der Waals surface area contributed by atoms with Gasteiger partial charge in [0.05, 0.1) is 22.6 Å². The van der Waals surface area contributed by atoms with E-state index in [9.17, 15) is 9.18 Å². The van der Waals surface area contributed by atoms with E-state index in [2.05, 4.69) is 21.9 Å². The number of rotatable bonds is 2. The first kappa shape index (κ1) is 15.6. The Hall–Kier alpha value is -2.89. The van der Waals surface area contributed by atoms with E-state index in [1.807, 2.05) is 12.1 Å². The van der Waals surface area contributed by atoms with Crippen LogP contribution < -0.4 is 0 Å². The Morgan fingerprint density at radius 2 is 1.96 bits per heavy atom. The summed E-state index contributed by atoms with van der Waals surface area (Å²) in [5.74, 6) is -0.539. The number of hydrogen-bond acceptors (Lipinski definition) is 4. The van der Waals surface area contributed by atoms with Crippen molar-refractivity contribution in [3.05, 3.63) is 66.0 Å². The first-order valence-electron chi connectivity index (χ1n) is 8.24. The van der Waals surface area contributed by atoms with Gasteiger partial charge in [0.15, 0.2) is 0 Å². The van der Waals surface area contributed by atoms with E-state index < -0.39 is 5.82 Å². The SMILES string of the molecule is C[C@@H]1C[C@@H](c2cccnc2)N(C(=O)c2cc3nccnc3cc2F)C1. The monoisotopic (exact) mass is 336 g/mol. The van der Waals surface area contributed by atoms with Crippen molar-refractivity contribution in [3.63, 3.8) is 0 Å². The largest absolute Gasteiger partial charge is 0.331 e. The van der Waals surface area contributed by atoms with Crippen molar-refractivity contribution in [1.82, 2.24) is 19.9 Å². The third-order valence-corrected chi connectivity index (χ3v) is 4.63. The summed E-state index contributed by atoms with van der Waals surface area (Å²) in [6, 6.07) is 6.48. The maximum atomic E-state index is 14.5. The predicted octanol–water partition coefficient (Wildman–Crippen LogP) is 3.39. The third kappa shape index (κ3) is 2.84. The molecule has 1 aromatic carbocycles. The summed E-state index contributed by atoms with van der Waals surface area (Å²) in [7, 11) is 0. The molecule has 0 N–H and O–H groups in total. The minimum atomic E-state index is -0.567. The predicted molar refractivity (Wildman–Crippen MR) is 91.3 cm³/mol. The van der Waals surface area contributed by atoms with E-state index in [1.54, 1.807) is 17.3 Å². The average molecular weight is 336 g/mol. The Bertz CT molecular complexity index is 931. The molecule has 2 aromatic heterocycles. The molecule has 1 aliphatic heterocycles. The lowest BCUT2D eigenvalue weighted by Gasteiger charge is -2.25. The lowest BCUT2D eigenvalue weighted by atomic mass is 10.0. The van der Waals surface area contributed by atoms with Gasteiger partial charge in [-0.05, 0) is 30.0 Å². The van der Waals surface area contributed by atoms with Crippen LogP contribution in [0.4, 0.5) is 4.39 Å². The van der Waals surface area contributed by atoms with Gasteiger partial charge in [-0.3, -0.25) is 19.7 Å². The number of hydrogen-bond donors (Lipinski definition) is 0. The van der Waals surface area contributed by atoms with Crippen LogP contribution in [0.3, 0.4) is 0 Å². The van der Waals surface area contributed by atoms with E-state index >= 15 is 0 Å². The Labute approximate surface area is 144 Å². The fraction of sp³-hybridized carbons (Fsp3) is 0.263.